The molecular weight excluding hydrogens is 310 g/mol. The predicted molar refractivity (Wildman–Crippen MR) is 96.8 cm³/mol. The Balaban J connectivity index is 1.64. The van der Waals surface area contributed by atoms with E-state index >= 15 is 0 Å². The molecule has 0 aromatic carbocycles. The third-order valence-corrected chi connectivity index (χ3v) is 9.34. The molecule has 6 atom stereocenters. The van der Waals surface area contributed by atoms with E-state index in [0.717, 1.165) is 44.3 Å². The second-order valence-electron chi connectivity index (χ2n) is 10.2. The largest absolute Gasteiger partial charge is 0.342 e. The van der Waals surface area contributed by atoms with Crippen molar-refractivity contribution in [2.75, 3.05) is 13.1 Å². The van der Waals surface area contributed by atoms with Crippen LogP contribution in [0, 0.1) is 34.0 Å². The molecule has 0 aromatic rings. The number of likely N-dealkylation sites (tertiary alicyclic amines) is 1. The predicted octanol–water partition coefficient (Wildman–Crippen LogP) is 3.98. The Morgan fingerprint density at radius 1 is 1.12 bits per heavy atom. The minimum Gasteiger partial charge on any atom is -0.342 e. The van der Waals surface area contributed by atoms with Crippen LogP contribution in [0.2, 0.25) is 0 Å². The number of piperidine rings is 1. The van der Waals surface area contributed by atoms with Gasteiger partial charge in [-0.1, -0.05) is 19.9 Å². The molecule has 136 valence electrons. The van der Waals surface area contributed by atoms with Crippen molar-refractivity contribution >= 4 is 11.7 Å². The lowest BCUT2D eigenvalue weighted by molar-refractivity contribution is -0.214. The zero-order valence-electron chi connectivity index (χ0n) is 15.8. The van der Waals surface area contributed by atoms with Crippen molar-refractivity contribution in [3.63, 3.8) is 0 Å². The number of hydrogen-bond donors (Lipinski definition) is 0. The molecule has 1 amide bonds. The monoisotopic (exact) mass is 341 g/mol. The van der Waals surface area contributed by atoms with Gasteiger partial charge in [-0.2, -0.15) is 0 Å². The van der Waals surface area contributed by atoms with Crippen LogP contribution in [0.4, 0.5) is 0 Å². The summed E-state index contributed by atoms with van der Waals surface area (Å²) in [5.74, 6) is 2.22. The van der Waals surface area contributed by atoms with Gasteiger partial charge in [-0.15, -0.1) is 0 Å². The molecule has 25 heavy (non-hydrogen) atoms. The average Bonchev–Trinajstić information content (AvgIpc) is 2.57. The van der Waals surface area contributed by atoms with Crippen LogP contribution < -0.4 is 0 Å². The van der Waals surface area contributed by atoms with Gasteiger partial charge in [0.05, 0.1) is 0 Å². The van der Waals surface area contributed by atoms with E-state index < -0.39 is 0 Å². The fraction of sp³-hybridized carbons (Fsp3) is 0.818. The van der Waals surface area contributed by atoms with E-state index in [1.807, 2.05) is 0 Å². The van der Waals surface area contributed by atoms with Gasteiger partial charge in [0.1, 0.15) is 0 Å². The minimum absolute atomic E-state index is 0.139. The van der Waals surface area contributed by atoms with Gasteiger partial charge in [0.25, 0.3) is 0 Å². The van der Waals surface area contributed by atoms with Crippen molar-refractivity contribution in [3.05, 3.63) is 12.2 Å². The molecule has 0 N–H and O–H groups in total. The van der Waals surface area contributed by atoms with Crippen LogP contribution >= 0.6 is 0 Å². The zero-order chi connectivity index (χ0) is 17.6. The van der Waals surface area contributed by atoms with E-state index in [0.29, 0.717) is 23.5 Å². The van der Waals surface area contributed by atoms with E-state index in [9.17, 15) is 9.59 Å². The van der Waals surface area contributed by atoms with Crippen molar-refractivity contribution < 1.29 is 9.59 Å². The fourth-order valence-electron chi connectivity index (χ4n) is 8.40. The van der Waals surface area contributed by atoms with Crippen LogP contribution in [0.15, 0.2) is 12.2 Å². The molecule has 0 aromatic heterocycles. The van der Waals surface area contributed by atoms with E-state index in [4.69, 9.17) is 0 Å². The highest BCUT2D eigenvalue weighted by Crippen LogP contribution is 2.72. The molecule has 5 saturated carbocycles. The number of amides is 1. The maximum Gasteiger partial charge on any atom is 0.219 e. The Morgan fingerprint density at radius 2 is 1.88 bits per heavy atom. The summed E-state index contributed by atoms with van der Waals surface area (Å²) in [6, 6.07) is 0. The summed E-state index contributed by atoms with van der Waals surface area (Å²) in [5, 5.41) is 0. The van der Waals surface area contributed by atoms with E-state index in [1.54, 1.807) is 6.92 Å². The van der Waals surface area contributed by atoms with Crippen LogP contribution in [0.25, 0.3) is 0 Å². The Hall–Kier alpha value is -1.12. The molecule has 1 aliphatic heterocycles. The molecule has 4 bridgehead atoms. The quantitative estimate of drug-likeness (QED) is 0.625. The Morgan fingerprint density at radius 3 is 2.64 bits per heavy atom. The molecule has 6 aliphatic rings. The van der Waals surface area contributed by atoms with Crippen molar-refractivity contribution in [1.82, 2.24) is 4.90 Å². The lowest BCUT2D eigenvalue weighted by Crippen LogP contribution is -2.70. The SMILES string of the molecule is C=C1C(=O)[C@]23CCC1CC2C12CCCC(C)(CN(C(C)=O)C1)[C@H]2CC3. The number of ketones is 1. The summed E-state index contributed by atoms with van der Waals surface area (Å²) in [6.45, 7) is 10.2. The maximum atomic E-state index is 13.3. The van der Waals surface area contributed by atoms with Crippen molar-refractivity contribution in [3.8, 4) is 0 Å². The van der Waals surface area contributed by atoms with Gasteiger partial charge in [-0.05, 0) is 79.1 Å². The summed E-state index contributed by atoms with van der Waals surface area (Å²) in [6.07, 6.45) is 9.38. The first-order valence-corrected chi connectivity index (χ1v) is 10.3. The van der Waals surface area contributed by atoms with Gasteiger partial charge in [0.2, 0.25) is 5.91 Å². The number of nitrogens with zero attached hydrogens (tertiary/aromatic N) is 1. The van der Waals surface area contributed by atoms with Gasteiger partial charge < -0.3 is 4.90 Å². The summed E-state index contributed by atoms with van der Waals surface area (Å²) in [5.41, 5.74) is 1.22. The summed E-state index contributed by atoms with van der Waals surface area (Å²) in [7, 11) is 0. The van der Waals surface area contributed by atoms with Crippen molar-refractivity contribution in [2.24, 2.45) is 34.0 Å². The topological polar surface area (TPSA) is 37.4 Å². The normalized spacial score (nSPS) is 51.1. The number of allylic oxidation sites excluding steroid dienone is 1. The van der Waals surface area contributed by atoms with Crippen LogP contribution in [0.3, 0.4) is 0 Å². The van der Waals surface area contributed by atoms with Gasteiger partial charge in [0, 0.05) is 25.4 Å². The van der Waals surface area contributed by atoms with Crippen molar-refractivity contribution in [2.45, 2.75) is 65.2 Å². The lowest BCUT2D eigenvalue weighted by Gasteiger charge is -2.71. The maximum absolute atomic E-state index is 13.3. The van der Waals surface area contributed by atoms with Gasteiger partial charge in [-0.3, -0.25) is 9.59 Å². The molecule has 3 heteroatoms. The van der Waals surface area contributed by atoms with Crippen LogP contribution in [0.5, 0.6) is 0 Å². The first-order chi connectivity index (χ1) is 11.8. The second kappa shape index (κ2) is 4.78. The van der Waals surface area contributed by atoms with Crippen LogP contribution in [0.1, 0.15) is 65.2 Å². The summed E-state index contributed by atoms with van der Waals surface area (Å²) in [4.78, 5) is 27.7. The summed E-state index contributed by atoms with van der Waals surface area (Å²) < 4.78 is 0. The van der Waals surface area contributed by atoms with Gasteiger partial charge in [-0.25, -0.2) is 0 Å². The first kappa shape index (κ1) is 16.1. The van der Waals surface area contributed by atoms with Gasteiger partial charge >= 0.3 is 0 Å². The molecule has 1 saturated heterocycles. The highest BCUT2D eigenvalue weighted by Gasteiger charge is 2.69. The Bertz CT molecular complexity index is 684. The molecule has 4 unspecified atom stereocenters. The summed E-state index contributed by atoms with van der Waals surface area (Å²) >= 11 is 0. The number of Topliss-reactive ketones (excluding diaryl/α,β-unsaturated/α-hetero) is 1. The molecule has 3 nitrogen and oxygen atoms in total. The Labute approximate surface area is 151 Å². The highest BCUT2D eigenvalue weighted by molar-refractivity contribution is 6.02. The van der Waals surface area contributed by atoms with Crippen LogP contribution in [-0.4, -0.2) is 29.7 Å². The molecule has 5 aliphatic carbocycles. The Kier molecular flexibility index (Phi) is 3.07. The first-order valence-electron chi connectivity index (χ1n) is 10.3. The molecule has 1 heterocycles. The zero-order valence-corrected chi connectivity index (χ0v) is 15.8. The van der Waals surface area contributed by atoms with Crippen LogP contribution in [-0.2, 0) is 9.59 Å². The highest BCUT2D eigenvalue weighted by atomic mass is 16.2. The minimum atomic E-state index is -0.139. The average molecular weight is 341 g/mol. The smallest absolute Gasteiger partial charge is 0.219 e. The molecule has 6 rings (SSSR count). The standard InChI is InChI=1S/C22H31NO2/c1-14-16-5-9-21(19(14)25)10-6-17-20(3)7-4-8-22(17,18(21)11-16)13-23(12-20)15(2)24/h16-18H,1,4-13H2,2-3H3/t16?,17-,18?,20?,21+,22?/m1/s1. The molecule has 0 radical (unpaired) electrons. The number of carbonyl (C=O) groups excluding carboxylic acids is 2. The lowest BCUT2D eigenvalue weighted by atomic mass is 9.35. The van der Waals surface area contributed by atoms with E-state index in [1.165, 1.54) is 25.7 Å². The van der Waals surface area contributed by atoms with E-state index in [2.05, 4.69) is 18.4 Å². The third kappa shape index (κ3) is 1.78. The second-order valence-corrected chi connectivity index (χ2v) is 10.2. The number of rotatable bonds is 0. The number of carbonyl (C=O) groups is 2. The number of fused-ring (bicyclic) bond motifs is 2. The molecule has 1 spiro atoms. The fourth-order valence-corrected chi connectivity index (χ4v) is 8.40. The van der Waals surface area contributed by atoms with Gasteiger partial charge in [0.15, 0.2) is 5.78 Å². The van der Waals surface area contributed by atoms with Crippen molar-refractivity contribution in [1.29, 1.82) is 0 Å². The molecular formula is C22H31NO2. The number of hydrogen-bond acceptors (Lipinski definition) is 2. The molecule has 6 fully saturated rings. The third-order valence-electron chi connectivity index (χ3n) is 9.34. The van der Waals surface area contributed by atoms with E-state index in [-0.39, 0.29) is 22.2 Å².